The topological polar surface area (TPSA) is 44.1 Å². The van der Waals surface area contributed by atoms with Gasteiger partial charge in [-0.2, -0.15) is 5.10 Å². The van der Waals surface area contributed by atoms with Gasteiger partial charge in [0.15, 0.2) is 0 Å². The van der Waals surface area contributed by atoms with E-state index in [4.69, 9.17) is 27.9 Å². The number of halogens is 3. The minimum atomic E-state index is -0.642. The van der Waals surface area contributed by atoms with Crippen molar-refractivity contribution in [3.05, 3.63) is 75.7 Å². The number of rotatable bonds is 3. The van der Waals surface area contributed by atoms with Crippen molar-refractivity contribution < 1.29 is 13.9 Å². The predicted octanol–water partition coefficient (Wildman–Crippen LogP) is 4.85. The summed E-state index contributed by atoms with van der Waals surface area (Å²) in [4.78, 5) is 12.3. The molecule has 2 aromatic carbocycles. The number of benzene rings is 2. The normalized spacial score (nSPS) is 10.7. The molecule has 0 unspecified atom stereocenters. The van der Waals surface area contributed by atoms with Gasteiger partial charge in [0.25, 0.3) is 0 Å². The minimum absolute atomic E-state index is 0.166. The van der Waals surface area contributed by atoms with E-state index in [0.717, 1.165) is 0 Å². The van der Waals surface area contributed by atoms with Crippen LogP contribution in [0.15, 0.2) is 48.5 Å². The van der Waals surface area contributed by atoms with Crippen LogP contribution < -0.4 is 4.74 Å². The Labute approximate surface area is 147 Å². The molecule has 1 heterocycles. The molecule has 0 aliphatic carbocycles. The number of hydrogen-bond donors (Lipinski definition) is 0. The first-order valence-corrected chi connectivity index (χ1v) is 7.69. The molecule has 0 aliphatic rings. The van der Waals surface area contributed by atoms with Crippen molar-refractivity contribution in [1.29, 1.82) is 0 Å². The molecule has 4 nitrogen and oxygen atoms in total. The van der Waals surface area contributed by atoms with Gasteiger partial charge < -0.3 is 4.74 Å². The van der Waals surface area contributed by atoms with Gasteiger partial charge in [0.2, 0.25) is 5.88 Å². The third-order valence-electron chi connectivity index (χ3n) is 3.15. The number of aryl methyl sites for hydroxylation is 1. The highest BCUT2D eigenvalue weighted by Gasteiger charge is 2.16. The molecule has 0 atom stereocenters. The summed E-state index contributed by atoms with van der Waals surface area (Å²) in [5.41, 5.74) is 1.26. The van der Waals surface area contributed by atoms with Crippen molar-refractivity contribution >= 4 is 29.2 Å². The quantitative estimate of drug-likeness (QED) is 0.624. The third kappa shape index (κ3) is 3.58. The monoisotopic (exact) mass is 364 g/mol. The predicted molar refractivity (Wildman–Crippen MR) is 89.7 cm³/mol. The number of carbonyl (C=O) groups is 1. The number of nitrogens with zero attached hydrogens (tertiary/aromatic N) is 2. The van der Waals surface area contributed by atoms with E-state index in [1.165, 1.54) is 35.0 Å². The van der Waals surface area contributed by atoms with Gasteiger partial charge in [-0.1, -0.05) is 29.3 Å². The Bertz CT molecular complexity index is 904. The Morgan fingerprint density at radius 2 is 1.83 bits per heavy atom. The van der Waals surface area contributed by atoms with Gasteiger partial charge in [-0.15, -0.1) is 0 Å². The lowest BCUT2D eigenvalue weighted by molar-refractivity contribution is 0.0723. The molecule has 0 amide bonds. The van der Waals surface area contributed by atoms with Crippen molar-refractivity contribution in [3.8, 4) is 11.6 Å². The van der Waals surface area contributed by atoms with Crippen molar-refractivity contribution in [2.45, 2.75) is 6.92 Å². The van der Waals surface area contributed by atoms with E-state index in [1.54, 1.807) is 25.1 Å². The Kier molecular flexibility index (Phi) is 4.55. The van der Waals surface area contributed by atoms with Crippen LogP contribution in [0.1, 0.15) is 16.1 Å². The van der Waals surface area contributed by atoms with E-state index in [2.05, 4.69) is 5.10 Å². The second-order valence-corrected chi connectivity index (χ2v) is 5.94. The zero-order chi connectivity index (χ0) is 17.3. The van der Waals surface area contributed by atoms with Gasteiger partial charge in [-0.3, -0.25) is 0 Å². The highest BCUT2D eigenvalue weighted by Crippen LogP contribution is 2.23. The van der Waals surface area contributed by atoms with Crippen LogP contribution in [0.5, 0.6) is 5.88 Å². The first kappa shape index (κ1) is 16.5. The fourth-order valence-corrected chi connectivity index (χ4v) is 2.69. The van der Waals surface area contributed by atoms with Crippen LogP contribution >= 0.6 is 23.2 Å². The lowest BCUT2D eigenvalue weighted by Gasteiger charge is -2.08. The lowest BCUT2D eigenvalue weighted by Crippen LogP contribution is -2.12. The van der Waals surface area contributed by atoms with Crippen LogP contribution in [-0.4, -0.2) is 15.7 Å². The second kappa shape index (κ2) is 6.63. The number of hydrogen-bond acceptors (Lipinski definition) is 3. The van der Waals surface area contributed by atoms with E-state index in [9.17, 15) is 9.18 Å². The molecular weight excluding hydrogens is 354 g/mol. The molecule has 0 saturated carbocycles. The highest BCUT2D eigenvalue weighted by atomic mass is 35.5. The number of ether oxygens (including phenoxy) is 1. The largest absolute Gasteiger partial charge is 0.404 e. The second-order valence-electron chi connectivity index (χ2n) is 5.06. The van der Waals surface area contributed by atoms with Gasteiger partial charge in [0.1, 0.15) is 5.82 Å². The van der Waals surface area contributed by atoms with Crippen LogP contribution in [0.25, 0.3) is 5.69 Å². The smallest absolute Gasteiger partial charge is 0.344 e. The van der Waals surface area contributed by atoms with Crippen LogP contribution in [0.2, 0.25) is 10.0 Å². The van der Waals surface area contributed by atoms with Crippen LogP contribution in [0, 0.1) is 12.7 Å². The lowest BCUT2D eigenvalue weighted by atomic mass is 10.2. The summed E-state index contributed by atoms with van der Waals surface area (Å²) < 4.78 is 20.2. The molecule has 0 N–H and O–H groups in total. The molecule has 3 rings (SSSR count). The van der Waals surface area contributed by atoms with Crippen molar-refractivity contribution in [2.24, 2.45) is 0 Å². The summed E-state index contributed by atoms with van der Waals surface area (Å²) in [6.45, 7) is 1.74. The summed E-state index contributed by atoms with van der Waals surface area (Å²) in [5, 5.41) is 4.87. The van der Waals surface area contributed by atoms with Crippen molar-refractivity contribution in [1.82, 2.24) is 9.78 Å². The first-order valence-electron chi connectivity index (χ1n) is 6.93. The molecule has 122 valence electrons. The van der Waals surface area contributed by atoms with Crippen LogP contribution in [-0.2, 0) is 0 Å². The number of carbonyl (C=O) groups excluding carboxylic acids is 1. The van der Waals surface area contributed by atoms with Crippen LogP contribution in [0.3, 0.4) is 0 Å². The van der Waals surface area contributed by atoms with E-state index in [1.807, 2.05) is 0 Å². The first-order chi connectivity index (χ1) is 11.4. The van der Waals surface area contributed by atoms with E-state index in [0.29, 0.717) is 21.4 Å². The molecule has 0 fully saturated rings. The maximum absolute atomic E-state index is 13.4. The summed E-state index contributed by atoms with van der Waals surface area (Å²) in [5.74, 6) is -0.893. The molecule has 7 heteroatoms. The minimum Gasteiger partial charge on any atom is -0.404 e. The van der Waals surface area contributed by atoms with Crippen molar-refractivity contribution in [2.75, 3.05) is 0 Å². The SMILES string of the molecule is Cc1cc(OC(=O)c2cc(Cl)cc(Cl)c2)n(-c2cccc(F)c2)n1. The highest BCUT2D eigenvalue weighted by molar-refractivity contribution is 6.35. The molecular formula is C17H11Cl2FN2O2. The average Bonchev–Trinajstić information content (AvgIpc) is 2.87. The van der Waals surface area contributed by atoms with Gasteiger partial charge in [0.05, 0.1) is 16.9 Å². The van der Waals surface area contributed by atoms with Gasteiger partial charge in [-0.25, -0.2) is 13.9 Å². The Morgan fingerprint density at radius 3 is 2.50 bits per heavy atom. The van der Waals surface area contributed by atoms with E-state index in [-0.39, 0.29) is 11.4 Å². The van der Waals surface area contributed by atoms with Gasteiger partial charge >= 0.3 is 5.97 Å². The standard InChI is InChI=1S/C17H11Cl2FN2O2/c1-10-5-16(22(21-10)15-4-2-3-14(20)9-15)24-17(23)11-6-12(18)8-13(19)7-11/h2-9H,1H3. The zero-order valence-electron chi connectivity index (χ0n) is 12.5. The molecule has 1 aromatic heterocycles. The third-order valence-corrected chi connectivity index (χ3v) is 3.58. The number of aromatic nitrogens is 2. The molecule has 0 aliphatic heterocycles. The Balaban J connectivity index is 1.94. The number of esters is 1. The fourth-order valence-electron chi connectivity index (χ4n) is 2.17. The summed E-state index contributed by atoms with van der Waals surface area (Å²) in [7, 11) is 0. The van der Waals surface area contributed by atoms with Gasteiger partial charge in [-0.05, 0) is 43.3 Å². The molecule has 0 saturated heterocycles. The Hall–Kier alpha value is -2.37. The molecule has 0 bridgehead atoms. The maximum Gasteiger partial charge on any atom is 0.344 e. The van der Waals surface area contributed by atoms with Crippen LogP contribution in [0.4, 0.5) is 4.39 Å². The molecule has 3 aromatic rings. The summed E-state index contributed by atoms with van der Waals surface area (Å²) >= 11 is 11.8. The van der Waals surface area contributed by atoms with E-state index < -0.39 is 11.8 Å². The summed E-state index contributed by atoms with van der Waals surface area (Å²) in [6, 6.07) is 11.8. The summed E-state index contributed by atoms with van der Waals surface area (Å²) in [6.07, 6.45) is 0. The average molecular weight is 365 g/mol. The fraction of sp³-hybridized carbons (Fsp3) is 0.0588. The van der Waals surface area contributed by atoms with E-state index >= 15 is 0 Å². The maximum atomic E-state index is 13.4. The molecule has 0 radical (unpaired) electrons. The van der Waals surface area contributed by atoms with Crippen molar-refractivity contribution in [3.63, 3.8) is 0 Å². The van der Waals surface area contributed by atoms with Gasteiger partial charge in [0, 0.05) is 16.1 Å². The molecule has 0 spiro atoms. The zero-order valence-corrected chi connectivity index (χ0v) is 14.0. The molecule has 24 heavy (non-hydrogen) atoms. The Morgan fingerprint density at radius 1 is 1.12 bits per heavy atom.